The smallest absolute Gasteiger partial charge is 0.320 e. The maximum atomic E-state index is 11.0. The van der Waals surface area contributed by atoms with Crippen LogP contribution in [-0.4, -0.2) is 34.7 Å². The first-order valence-electron chi connectivity index (χ1n) is 5.56. The molecule has 1 heterocycles. The minimum absolute atomic E-state index is 0.0474. The molecule has 0 bridgehead atoms. The fourth-order valence-corrected chi connectivity index (χ4v) is 1.54. The van der Waals surface area contributed by atoms with Crippen molar-refractivity contribution in [2.45, 2.75) is 13.0 Å². The Morgan fingerprint density at radius 1 is 1.47 bits per heavy atom. The molecule has 19 heavy (non-hydrogen) atoms. The zero-order valence-electron chi connectivity index (χ0n) is 10.4. The standard InChI is InChI=1S/C9H8N2OS.C3H7NO2/c12-8-6-11(9(13)10-8)7-4-2-1-3-5-7;1-2(4)3(5)6/h1-5H,6H2,(H,10,12,13);2H,4H2,1H3,(H,5,6)/t;2-/m.0/s1. The monoisotopic (exact) mass is 281 g/mol. The van der Waals surface area contributed by atoms with Gasteiger partial charge in [-0.1, -0.05) is 18.2 Å². The molecule has 7 heteroatoms. The maximum Gasteiger partial charge on any atom is 0.320 e. The first-order valence-corrected chi connectivity index (χ1v) is 5.97. The Morgan fingerprint density at radius 2 is 2.00 bits per heavy atom. The summed E-state index contributed by atoms with van der Waals surface area (Å²) in [4.78, 5) is 22.3. The highest BCUT2D eigenvalue weighted by molar-refractivity contribution is 7.80. The van der Waals surface area contributed by atoms with E-state index in [1.54, 1.807) is 4.90 Å². The van der Waals surface area contributed by atoms with E-state index < -0.39 is 12.0 Å². The maximum absolute atomic E-state index is 11.0. The van der Waals surface area contributed by atoms with E-state index in [1.165, 1.54) is 6.92 Å². The van der Waals surface area contributed by atoms with Crippen molar-refractivity contribution in [1.29, 1.82) is 0 Å². The number of anilines is 1. The van der Waals surface area contributed by atoms with Gasteiger partial charge in [-0.05, 0) is 31.3 Å². The number of hydrogen-bond donors (Lipinski definition) is 3. The summed E-state index contributed by atoms with van der Waals surface area (Å²) in [5, 5.41) is 10.9. The lowest BCUT2D eigenvalue weighted by Crippen LogP contribution is -2.27. The zero-order valence-corrected chi connectivity index (χ0v) is 11.2. The van der Waals surface area contributed by atoms with E-state index in [0.29, 0.717) is 11.7 Å². The quantitative estimate of drug-likeness (QED) is 0.676. The largest absolute Gasteiger partial charge is 0.480 e. The Kier molecular flexibility index (Phi) is 5.40. The summed E-state index contributed by atoms with van der Waals surface area (Å²) in [6, 6.07) is 8.88. The van der Waals surface area contributed by atoms with Crippen LogP contribution in [0.2, 0.25) is 0 Å². The SMILES string of the molecule is C[C@H](N)C(=O)O.O=C1CN(c2ccccc2)C(=S)N1. The zero-order chi connectivity index (χ0) is 14.4. The number of carboxylic acid groups (broad SMARTS) is 1. The summed E-state index contributed by atoms with van der Waals surface area (Å²) >= 11 is 4.99. The molecule has 0 aliphatic carbocycles. The van der Waals surface area contributed by atoms with Crippen LogP contribution in [0.15, 0.2) is 30.3 Å². The van der Waals surface area contributed by atoms with E-state index in [-0.39, 0.29) is 5.91 Å². The highest BCUT2D eigenvalue weighted by Gasteiger charge is 2.23. The Labute approximate surface area is 116 Å². The van der Waals surface area contributed by atoms with Crippen LogP contribution in [-0.2, 0) is 9.59 Å². The topological polar surface area (TPSA) is 95.7 Å². The van der Waals surface area contributed by atoms with E-state index in [4.69, 9.17) is 23.1 Å². The van der Waals surface area contributed by atoms with Gasteiger partial charge in [-0.3, -0.25) is 9.59 Å². The molecule has 1 saturated heterocycles. The molecule has 4 N–H and O–H groups in total. The van der Waals surface area contributed by atoms with Crippen molar-refractivity contribution in [2.75, 3.05) is 11.4 Å². The Hall–Kier alpha value is -1.99. The number of aliphatic carboxylic acids is 1. The van der Waals surface area contributed by atoms with Crippen molar-refractivity contribution in [1.82, 2.24) is 5.32 Å². The van der Waals surface area contributed by atoms with Gasteiger partial charge in [0.25, 0.3) is 0 Å². The van der Waals surface area contributed by atoms with Crippen LogP contribution in [0, 0.1) is 0 Å². The van der Waals surface area contributed by atoms with Crippen molar-refractivity contribution >= 4 is 34.9 Å². The number of nitrogens with zero attached hydrogens (tertiary/aromatic N) is 1. The normalized spacial score (nSPS) is 15.4. The second kappa shape index (κ2) is 6.81. The van der Waals surface area contributed by atoms with E-state index in [2.05, 4.69) is 5.32 Å². The molecule has 1 aromatic carbocycles. The van der Waals surface area contributed by atoms with Gasteiger partial charge in [-0.15, -0.1) is 0 Å². The number of nitrogens with two attached hydrogens (primary N) is 1. The minimum Gasteiger partial charge on any atom is -0.480 e. The van der Waals surface area contributed by atoms with Crippen molar-refractivity contribution in [3.63, 3.8) is 0 Å². The third kappa shape index (κ3) is 4.65. The van der Waals surface area contributed by atoms with E-state index in [9.17, 15) is 9.59 Å². The van der Waals surface area contributed by atoms with Gasteiger partial charge in [0, 0.05) is 5.69 Å². The van der Waals surface area contributed by atoms with Crippen LogP contribution < -0.4 is 16.0 Å². The molecule has 1 amide bonds. The Morgan fingerprint density at radius 3 is 2.37 bits per heavy atom. The molecule has 1 aliphatic heterocycles. The number of hydrogen-bond acceptors (Lipinski definition) is 4. The molecular weight excluding hydrogens is 266 g/mol. The molecular formula is C12H15N3O3S. The molecule has 1 fully saturated rings. The molecule has 0 unspecified atom stereocenters. The molecule has 102 valence electrons. The fourth-order valence-electron chi connectivity index (χ4n) is 1.26. The molecule has 2 rings (SSSR count). The second-order valence-electron chi connectivity index (χ2n) is 3.90. The lowest BCUT2D eigenvalue weighted by molar-refractivity contribution is -0.138. The first kappa shape index (κ1) is 15.1. The van der Waals surface area contributed by atoms with Gasteiger partial charge in [0.05, 0.1) is 0 Å². The van der Waals surface area contributed by atoms with Gasteiger partial charge in [0.15, 0.2) is 5.11 Å². The predicted octanol–water partition coefficient (Wildman–Crippen LogP) is 0.326. The van der Waals surface area contributed by atoms with Gasteiger partial charge in [-0.2, -0.15) is 0 Å². The van der Waals surface area contributed by atoms with E-state index in [1.807, 2.05) is 30.3 Å². The number of amides is 1. The number of carbonyl (C=O) groups excluding carboxylic acids is 1. The first-order chi connectivity index (χ1) is 8.91. The molecule has 0 spiro atoms. The van der Waals surface area contributed by atoms with Crippen LogP contribution in [0.3, 0.4) is 0 Å². The van der Waals surface area contributed by atoms with Crippen LogP contribution in [0.25, 0.3) is 0 Å². The van der Waals surface area contributed by atoms with Gasteiger partial charge in [0.2, 0.25) is 5.91 Å². The minimum atomic E-state index is -0.963. The van der Waals surface area contributed by atoms with Crippen molar-refractivity contribution in [2.24, 2.45) is 5.73 Å². The van der Waals surface area contributed by atoms with Gasteiger partial charge >= 0.3 is 5.97 Å². The lowest BCUT2D eigenvalue weighted by Gasteiger charge is -2.14. The Balaban J connectivity index is 0.000000258. The van der Waals surface area contributed by atoms with E-state index in [0.717, 1.165) is 5.69 Å². The lowest BCUT2D eigenvalue weighted by atomic mass is 10.3. The Bertz CT molecular complexity index is 476. The summed E-state index contributed by atoms with van der Waals surface area (Å²) in [6.45, 7) is 1.74. The summed E-state index contributed by atoms with van der Waals surface area (Å²) in [7, 11) is 0. The van der Waals surface area contributed by atoms with Gasteiger partial charge < -0.3 is 21.1 Å². The van der Waals surface area contributed by atoms with Crippen molar-refractivity contribution < 1.29 is 14.7 Å². The van der Waals surface area contributed by atoms with E-state index >= 15 is 0 Å². The number of rotatable bonds is 2. The van der Waals surface area contributed by atoms with Crippen LogP contribution in [0.5, 0.6) is 0 Å². The van der Waals surface area contributed by atoms with Crippen LogP contribution >= 0.6 is 12.2 Å². The van der Waals surface area contributed by atoms with Crippen LogP contribution in [0.4, 0.5) is 5.69 Å². The second-order valence-corrected chi connectivity index (χ2v) is 4.29. The average molecular weight is 281 g/mol. The summed E-state index contributed by atoms with van der Waals surface area (Å²) < 4.78 is 0. The van der Waals surface area contributed by atoms with Gasteiger partial charge in [-0.25, -0.2) is 0 Å². The summed E-state index contributed by atoms with van der Waals surface area (Å²) in [6.07, 6.45) is 0. The highest BCUT2D eigenvalue weighted by atomic mass is 32.1. The number of carbonyl (C=O) groups is 2. The number of para-hydroxylation sites is 1. The third-order valence-corrected chi connectivity index (χ3v) is 2.57. The number of carboxylic acids is 1. The van der Waals surface area contributed by atoms with Crippen molar-refractivity contribution in [3.05, 3.63) is 30.3 Å². The molecule has 0 saturated carbocycles. The van der Waals surface area contributed by atoms with Crippen molar-refractivity contribution in [3.8, 4) is 0 Å². The average Bonchev–Trinajstić information content (AvgIpc) is 2.70. The number of thiocarbonyl (C=S) groups is 1. The molecule has 1 aromatic rings. The summed E-state index contributed by atoms with van der Waals surface area (Å²) in [5.41, 5.74) is 5.79. The summed E-state index contributed by atoms with van der Waals surface area (Å²) in [5.74, 6) is -1.01. The molecule has 6 nitrogen and oxygen atoms in total. The molecule has 0 aromatic heterocycles. The fraction of sp³-hybridized carbons (Fsp3) is 0.250. The van der Waals surface area contributed by atoms with Crippen LogP contribution in [0.1, 0.15) is 6.92 Å². The highest BCUT2D eigenvalue weighted by Crippen LogP contribution is 2.15. The molecule has 0 radical (unpaired) electrons. The predicted molar refractivity (Wildman–Crippen MR) is 75.8 cm³/mol. The molecule has 1 aliphatic rings. The number of nitrogens with one attached hydrogen (secondary N) is 1. The number of benzene rings is 1. The molecule has 1 atom stereocenters. The van der Waals surface area contributed by atoms with Gasteiger partial charge in [0.1, 0.15) is 12.6 Å². The third-order valence-electron chi connectivity index (χ3n) is 2.25.